The molecule has 0 N–H and O–H groups in total. The molecule has 6 nitrogen and oxygen atoms in total. The molecule has 2 heterocycles. The van der Waals surface area contributed by atoms with E-state index in [4.69, 9.17) is 9.72 Å². The van der Waals surface area contributed by atoms with Gasteiger partial charge in [-0.25, -0.2) is 18.7 Å². The lowest BCUT2D eigenvalue weighted by Gasteiger charge is -2.19. The van der Waals surface area contributed by atoms with Crippen molar-refractivity contribution in [1.82, 2.24) is 19.5 Å². The first-order valence-corrected chi connectivity index (χ1v) is 12.0. The summed E-state index contributed by atoms with van der Waals surface area (Å²) >= 11 is 0. The zero-order chi connectivity index (χ0) is 27.1. The maximum Gasteiger partial charge on any atom is 0.264 e. The van der Waals surface area contributed by atoms with Crippen molar-refractivity contribution in [3.8, 4) is 22.8 Å². The number of hydrogen-bond donors (Lipinski definition) is 0. The van der Waals surface area contributed by atoms with Gasteiger partial charge < -0.3 is 4.74 Å². The normalized spacial score (nSPS) is 11.6. The molecule has 0 aliphatic carbocycles. The minimum atomic E-state index is -0.718. The predicted molar refractivity (Wildman–Crippen MR) is 139 cm³/mol. The first-order chi connectivity index (χ1) is 17.4. The van der Waals surface area contributed by atoms with Gasteiger partial charge in [0.15, 0.2) is 0 Å². The van der Waals surface area contributed by atoms with Crippen molar-refractivity contribution in [2.75, 3.05) is 0 Å². The third-order valence-corrected chi connectivity index (χ3v) is 6.18. The Morgan fingerprint density at radius 2 is 1.68 bits per heavy atom. The number of aromatic nitrogens is 4. The predicted octanol–water partition coefficient (Wildman–Crippen LogP) is 6.08. The van der Waals surface area contributed by atoms with Crippen molar-refractivity contribution in [3.63, 3.8) is 0 Å². The van der Waals surface area contributed by atoms with Crippen molar-refractivity contribution in [2.24, 2.45) is 0 Å². The zero-order valence-corrected chi connectivity index (χ0v) is 22.1. The molecule has 2 aromatic heterocycles. The Morgan fingerprint density at radius 1 is 0.946 bits per heavy atom. The molecule has 8 heteroatoms. The van der Waals surface area contributed by atoms with Crippen LogP contribution >= 0.6 is 0 Å². The average molecular weight is 505 g/mol. The van der Waals surface area contributed by atoms with Gasteiger partial charge in [0.2, 0.25) is 5.88 Å². The average Bonchev–Trinajstić information content (AvgIpc) is 2.82. The monoisotopic (exact) mass is 504 g/mol. The Balaban J connectivity index is 1.75. The molecule has 0 saturated heterocycles. The molecule has 192 valence electrons. The summed E-state index contributed by atoms with van der Waals surface area (Å²) in [5.74, 6) is -0.124. The number of ether oxygens (including phenoxy) is 1. The van der Waals surface area contributed by atoms with E-state index >= 15 is 0 Å². The van der Waals surface area contributed by atoms with Gasteiger partial charge in [0.05, 0.1) is 16.9 Å². The van der Waals surface area contributed by atoms with Gasteiger partial charge in [-0.1, -0.05) is 32.9 Å². The molecule has 0 spiro atoms. The van der Waals surface area contributed by atoms with Gasteiger partial charge >= 0.3 is 0 Å². The van der Waals surface area contributed by atoms with E-state index in [0.29, 0.717) is 11.5 Å². The van der Waals surface area contributed by atoms with Gasteiger partial charge in [-0.15, -0.1) is 0 Å². The van der Waals surface area contributed by atoms with E-state index < -0.39 is 11.6 Å². The third kappa shape index (κ3) is 5.28. The summed E-state index contributed by atoms with van der Waals surface area (Å²) in [6.45, 7) is 13.2. The lowest BCUT2D eigenvalue weighted by atomic mass is 9.95. The molecule has 4 aromatic rings. The summed E-state index contributed by atoms with van der Waals surface area (Å²) < 4.78 is 34.4. The highest BCUT2D eigenvalue weighted by atomic mass is 19.1. The summed E-state index contributed by atoms with van der Waals surface area (Å²) in [4.78, 5) is 27.3. The third-order valence-electron chi connectivity index (χ3n) is 6.18. The molecule has 0 unspecified atom stereocenters. The highest BCUT2D eigenvalue weighted by Crippen LogP contribution is 2.28. The van der Waals surface area contributed by atoms with E-state index in [1.807, 2.05) is 38.2 Å². The van der Waals surface area contributed by atoms with Crippen LogP contribution in [0.4, 0.5) is 8.78 Å². The van der Waals surface area contributed by atoms with E-state index in [9.17, 15) is 13.6 Å². The highest BCUT2D eigenvalue weighted by molar-refractivity contribution is 5.67. The Hall–Kier alpha value is -3.94. The van der Waals surface area contributed by atoms with Crippen molar-refractivity contribution in [2.45, 2.75) is 60.5 Å². The molecule has 0 saturated carbocycles. The number of aryl methyl sites for hydroxylation is 3. The minimum Gasteiger partial charge on any atom is -0.472 e. The fourth-order valence-electron chi connectivity index (χ4n) is 3.99. The Morgan fingerprint density at radius 3 is 2.35 bits per heavy atom. The summed E-state index contributed by atoms with van der Waals surface area (Å²) in [5, 5.41) is 0. The van der Waals surface area contributed by atoms with Gasteiger partial charge in [0.1, 0.15) is 29.9 Å². The molecule has 0 radical (unpaired) electrons. The molecule has 4 rings (SSSR count). The van der Waals surface area contributed by atoms with Gasteiger partial charge in [-0.2, -0.15) is 4.98 Å². The fraction of sp³-hybridized carbons (Fsp3) is 0.310. The second-order valence-corrected chi connectivity index (χ2v) is 10.2. The van der Waals surface area contributed by atoms with Crippen LogP contribution < -0.4 is 10.3 Å². The molecule has 2 aromatic carbocycles. The second-order valence-electron chi connectivity index (χ2n) is 10.2. The summed E-state index contributed by atoms with van der Waals surface area (Å²) in [6, 6.07) is 9.12. The Labute approximate surface area is 215 Å². The van der Waals surface area contributed by atoms with Crippen LogP contribution in [-0.4, -0.2) is 19.5 Å². The number of nitrogens with zero attached hydrogens (tertiary/aromatic N) is 4. The number of hydrogen-bond acceptors (Lipinski definition) is 5. The highest BCUT2D eigenvalue weighted by Gasteiger charge is 2.20. The van der Waals surface area contributed by atoms with E-state index in [2.05, 4.69) is 30.7 Å². The van der Waals surface area contributed by atoms with E-state index in [1.165, 1.54) is 6.07 Å². The van der Waals surface area contributed by atoms with Crippen molar-refractivity contribution < 1.29 is 13.5 Å². The fourth-order valence-corrected chi connectivity index (χ4v) is 3.99. The van der Waals surface area contributed by atoms with Crippen LogP contribution in [0.3, 0.4) is 0 Å². The van der Waals surface area contributed by atoms with Gasteiger partial charge in [-0.05, 0) is 57.0 Å². The van der Waals surface area contributed by atoms with Crippen molar-refractivity contribution in [3.05, 3.63) is 98.5 Å². The standard InChI is InChI=1S/C29H30F2N4O2/c1-16-8-9-20(25-17(2)14-32-28(34-25)29(5,6)7)12-24(16)35-19(4)33-26(18(3)27(35)36)37-15-21-10-11-22(30)13-23(21)31/h8-14H,15H2,1-7H3. The summed E-state index contributed by atoms with van der Waals surface area (Å²) in [7, 11) is 0. The van der Waals surface area contributed by atoms with Gasteiger partial charge in [0, 0.05) is 28.8 Å². The molecular weight excluding hydrogens is 474 g/mol. The van der Waals surface area contributed by atoms with E-state index in [1.54, 1.807) is 18.4 Å². The van der Waals surface area contributed by atoms with Crippen LogP contribution in [0.25, 0.3) is 16.9 Å². The molecule has 0 fully saturated rings. The molecule has 37 heavy (non-hydrogen) atoms. The summed E-state index contributed by atoms with van der Waals surface area (Å²) in [6.07, 6.45) is 1.82. The largest absolute Gasteiger partial charge is 0.472 e. The summed E-state index contributed by atoms with van der Waals surface area (Å²) in [5.41, 5.74) is 4.11. The van der Waals surface area contributed by atoms with Crippen LogP contribution in [0.5, 0.6) is 5.88 Å². The Bertz CT molecular complexity index is 1560. The van der Waals surface area contributed by atoms with Crippen LogP contribution in [0, 0.1) is 39.3 Å². The number of rotatable bonds is 5. The molecule has 0 atom stereocenters. The van der Waals surface area contributed by atoms with Crippen LogP contribution in [-0.2, 0) is 12.0 Å². The quantitative estimate of drug-likeness (QED) is 0.330. The van der Waals surface area contributed by atoms with Crippen molar-refractivity contribution in [1.29, 1.82) is 0 Å². The molecule has 0 amide bonds. The van der Waals surface area contributed by atoms with Crippen LogP contribution in [0.2, 0.25) is 0 Å². The SMILES string of the molecule is Cc1ccc(-c2nc(C(C)(C)C)ncc2C)cc1-n1c(C)nc(OCc2ccc(F)cc2F)c(C)c1=O. The molecule has 0 aliphatic heterocycles. The maximum absolute atomic E-state index is 14.0. The van der Waals surface area contributed by atoms with Crippen LogP contribution in [0.15, 0.2) is 47.4 Å². The smallest absolute Gasteiger partial charge is 0.264 e. The maximum atomic E-state index is 14.0. The zero-order valence-electron chi connectivity index (χ0n) is 22.1. The first-order valence-electron chi connectivity index (χ1n) is 12.0. The minimum absolute atomic E-state index is 0.109. The van der Waals surface area contributed by atoms with Gasteiger partial charge in [0.25, 0.3) is 5.56 Å². The molecular formula is C29H30F2N4O2. The Kier molecular flexibility index (Phi) is 6.95. The lowest BCUT2D eigenvalue weighted by Crippen LogP contribution is -2.26. The topological polar surface area (TPSA) is 69.9 Å². The van der Waals surface area contributed by atoms with E-state index in [0.717, 1.165) is 40.3 Å². The van der Waals surface area contributed by atoms with Gasteiger partial charge in [-0.3, -0.25) is 9.36 Å². The van der Waals surface area contributed by atoms with E-state index in [-0.39, 0.29) is 34.6 Å². The van der Waals surface area contributed by atoms with Crippen LogP contribution in [0.1, 0.15) is 54.7 Å². The number of benzene rings is 2. The van der Waals surface area contributed by atoms with Crippen molar-refractivity contribution >= 4 is 0 Å². The molecule has 0 aliphatic rings. The lowest BCUT2D eigenvalue weighted by molar-refractivity contribution is 0.283. The first kappa shape index (κ1) is 26.1. The second kappa shape index (κ2) is 9.84. The number of halogens is 2. The molecule has 0 bridgehead atoms.